The van der Waals surface area contributed by atoms with Crippen molar-refractivity contribution in [1.29, 1.82) is 0 Å². The third kappa shape index (κ3) is 2.31. The molecule has 0 N–H and O–H groups in total. The molecule has 1 amide bonds. The fourth-order valence-corrected chi connectivity index (χ4v) is 3.30. The summed E-state index contributed by atoms with van der Waals surface area (Å²) in [7, 11) is 1.74. The molecular weight excluding hydrogens is 254 g/mol. The highest BCUT2D eigenvalue weighted by Crippen LogP contribution is 2.39. The zero-order chi connectivity index (χ0) is 14.0. The van der Waals surface area contributed by atoms with Crippen LogP contribution in [0.3, 0.4) is 0 Å². The molecule has 5 nitrogen and oxygen atoms in total. The van der Waals surface area contributed by atoms with Crippen molar-refractivity contribution < 1.29 is 9.53 Å². The number of methoxy groups -OCH3 is 1. The maximum atomic E-state index is 12.4. The Balaban J connectivity index is 1.64. The van der Waals surface area contributed by atoms with Crippen LogP contribution < -0.4 is 0 Å². The van der Waals surface area contributed by atoms with E-state index in [1.807, 2.05) is 17.0 Å². The van der Waals surface area contributed by atoms with E-state index in [1.54, 1.807) is 19.5 Å². The van der Waals surface area contributed by atoms with Gasteiger partial charge in [-0.3, -0.25) is 14.7 Å². The van der Waals surface area contributed by atoms with E-state index in [2.05, 4.69) is 9.88 Å². The minimum Gasteiger partial charge on any atom is -0.383 e. The van der Waals surface area contributed by atoms with Gasteiger partial charge in [0.25, 0.3) is 5.91 Å². The van der Waals surface area contributed by atoms with Gasteiger partial charge in [0.2, 0.25) is 0 Å². The van der Waals surface area contributed by atoms with Gasteiger partial charge in [-0.25, -0.2) is 0 Å². The highest BCUT2D eigenvalue weighted by molar-refractivity contribution is 5.94. The van der Waals surface area contributed by atoms with Gasteiger partial charge in [0.15, 0.2) is 0 Å². The largest absolute Gasteiger partial charge is 0.383 e. The summed E-state index contributed by atoms with van der Waals surface area (Å²) < 4.78 is 5.16. The second kappa shape index (κ2) is 5.50. The second-order valence-corrected chi connectivity index (χ2v) is 5.67. The van der Waals surface area contributed by atoms with E-state index in [4.69, 9.17) is 4.74 Å². The zero-order valence-corrected chi connectivity index (χ0v) is 11.9. The van der Waals surface area contributed by atoms with E-state index in [-0.39, 0.29) is 11.4 Å². The molecule has 108 valence electrons. The molecule has 20 heavy (non-hydrogen) atoms. The van der Waals surface area contributed by atoms with Gasteiger partial charge in [-0.1, -0.05) is 0 Å². The third-order valence-electron chi connectivity index (χ3n) is 4.61. The van der Waals surface area contributed by atoms with Crippen molar-refractivity contribution in [3.05, 3.63) is 30.1 Å². The highest BCUT2D eigenvalue weighted by atomic mass is 16.5. The number of carbonyl (C=O) groups is 1. The Hall–Kier alpha value is -1.46. The molecule has 2 aliphatic rings. The van der Waals surface area contributed by atoms with Crippen LogP contribution in [0.5, 0.6) is 0 Å². The maximum absolute atomic E-state index is 12.4. The van der Waals surface area contributed by atoms with Crippen LogP contribution in [0.1, 0.15) is 23.2 Å². The Kier molecular flexibility index (Phi) is 3.72. The number of carbonyl (C=O) groups excluding carboxylic acids is 1. The standard InChI is InChI=1S/C15H21N3O2/c1-20-10-9-18-8-5-15(18)4-7-17(12-15)14(19)13-3-2-6-16-11-13/h2-3,6,11H,4-5,7-10,12H2,1H3. The number of rotatable bonds is 4. The first-order valence-corrected chi connectivity index (χ1v) is 7.18. The summed E-state index contributed by atoms with van der Waals surface area (Å²) in [5.74, 6) is 0.105. The van der Waals surface area contributed by atoms with Crippen molar-refractivity contribution in [3.63, 3.8) is 0 Å². The van der Waals surface area contributed by atoms with Crippen LogP contribution >= 0.6 is 0 Å². The average molecular weight is 275 g/mol. The van der Waals surface area contributed by atoms with Crippen LogP contribution in [0.25, 0.3) is 0 Å². The maximum Gasteiger partial charge on any atom is 0.255 e. The van der Waals surface area contributed by atoms with Crippen LogP contribution in [0.4, 0.5) is 0 Å². The minimum absolute atomic E-state index is 0.105. The van der Waals surface area contributed by atoms with Gasteiger partial charge in [0.05, 0.1) is 12.2 Å². The molecule has 1 atom stereocenters. The van der Waals surface area contributed by atoms with E-state index >= 15 is 0 Å². The number of hydrogen-bond acceptors (Lipinski definition) is 4. The number of hydrogen-bond donors (Lipinski definition) is 0. The summed E-state index contributed by atoms with van der Waals surface area (Å²) in [5, 5.41) is 0. The fraction of sp³-hybridized carbons (Fsp3) is 0.600. The number of pyridine rings is 1. The molecule has 3 heterocycles. The minimum atomic E-state index is 0.105. The summed E-state index contributed by atoms with van der Waals surface area (Å²) in [6, 6.07) is 3.65. The van der Waals surface area contributed by atoms with Crippen molar-refractivity contribution in [2.24, 2.45) is 0 Å². The summed E-state index contributed by atoms with van der Waals surface area (Å²) in [5.41, 5.74) is 0.892. The third-order valence-corrected chi connectivity index (χ3v) is 4.61. The lowest BCUT2D eigenvalue weighted by atomic mass is 9.84. The first-order valence-electron chi connectivity index (χ1n) is 7.18. The molecule has 5 heteroatoms. The molecule has 0 radical (unpaired) electrons. The fourth-order valence-electron chi connectivity index (χ4n) is 3.30. The van der Waals surface area contributed by atoms with Crippen molar-refractivity contribution in [1.82, 2.24) is 14.8 Å². The Bertz CT molecular complexity index is 479. The molecule has 2 saturated heterocycles. The van der Waals surface area contributed by atoms with Crippen LogP contribution in [-0.2, 0) is 4.74 Å². The van der Waals surface area contributed by atoms with Gasteiger partial charge in [-0.05, 0) is 25.0 Å². The van der Waals surface area contributed by atoms with Crippen molar-refractivity contribution >= 4 is 5.91 Å². The van der Waals surface area contributed by atoms with E-state index in [9.17, 15) is 4.79 Å². The summed E-state index contributed by atoms with van der Waals surface area (Å²) >= 11 is 0. The molecule has 1 aromatic rings. The highest BCUT2D eigenvalue weighted by Gasteiger charge is 2.49. The number of nitrogens with zero attached hydrogens (tertiary/aromatic N) is 3. The Morgan fingerprint density at radius 2 is 2.30 bits per heavy atom. The summed E-state index contributed by atoms with van der Waals surface area (Å²) in [6.45, 7) is 4.53. The molecule has 0 aliphatic carbocycles. The lowest BCUT2D eigenvalue weighted by molar-refractivity contribution is -0.0213. The molecule has 0 saturated carbocycles. The molecular formula is C15H21N3O2. The molecule has 0 bridgehead atoms. The van der Waals surface area contributed by atoms with Gasteiger partial charge >= 0.3 is 0 Å². The topological polar surface area (TPSA) is 45.7 Å². The van der Waals surface area contributed by atoms with Crippen molar-refractivity contribution in [2.45, 2.75) is 18.4 Å². The van der Waals surface area contributed by atoms with Crippen LogP contribution in [0.15, 0.2) is 24.5 Å². The second-order valence-electron chi connectivity index (χ2n) is 5.67. The van der Waals surface area contributed by atoms with E-state index in [0.29, 0.717) is 5.56 Å². The monoisotopic (exact) mass is 275 g/mol. The van der Waals surface area contributed by atoms with Crippen molar-refractivity contribution in [2.75, 3.05) is 39.9 Å². The molecule has 2 fully saturated rings. The summed E-state index contributed by atoms with van der Waals surface area (Å²) in [4.78, 5) is 20.9. The SMILES string of the molecule is COCCN1CCC12CCN(C(=O)c1cccnc1)C2. The number of likely N-dealkylation sites (tertiary alicyclic amines) is 2. The predicted molar refractivity (Wildman–Crippen MR) is 75.6 cm³/mol. The number of amides is 1. The van der Waals surface area contributed by atoms with Crippen LogP contribution in [0, 0.1) is 0 Å². The van der Waals surface area contributed by atoms with Gasteiger partial charge in [-0.2, -0.15) is 0 Å². The van der Waals surface area contributed by atoms with Gasteiger partial charge in [-0.15, -0.1) is 0 Å². The Morgan fingerprint density at radius 3 is 2.95 bits per heavy atom. The van der Waals surface area contributed by atoms with E-state index in [1.165, 1.54) is 6.42 Å². The smallest absolute Gasteiger partial charge is 0.255 e. The Morgan fingerprint density at radius 1 is 1.45 bits per heavy atom. The normalized spacial score (nSPS) is 25.9. The van der Waals surface area contributed by atoms with Gasteiger partial charge in [0, 0.05) is 51.2 Å². The molecule has 2 aliphatic heterocycles. The predicted octanol–water partition coefficient (Wildman–Crippen LogP) is 1.02. The van der Waals surface area contributed by atoms with E-state index < -0.39 is 0 Å². The molecule has 0 aromatic carbocycles. The lowest BCUT2D eigenvalue weighted by Crippen LogP contribution is -2.62. The van der Waals surface area contributed by atoms with Gasteiger partial charge < -0.3 is 9.64 Å². The molecule has 1 aromatic heterocycles. The zero-order valence-electron chi connectivity index (χ0n) is 11.9. The first kappa shape index (κ1) is 13.5. The van der Waals surface area contributed by atoms with Crippen molar-refractivity contribution in [3.8, 4) is 0 Å². The quantitative estimate of drug-likeness (QED) is 0.823. The Labute approximate surface area is 119 Å². The molecule has 3 rings (SSSR count). The van der Waals surface area contributed by atoms with Crippen LogP contribution in [-0.4, -0.2) is 66.1 Å². The molecule has 1 spiro atoms. The van der Waals surface area contributed by atoms with Gasteiger partial charge in [0.1, 0.15) is 0 Å². The average Bonchev–Trinajstić information content (AvgIpc) is 2.94. The number of aromatic nitrogens is 1. The van der Waals surface area contributed by atoms with Crippen LogP contribution in [0.2, 0.25) is 0 Å². The lowest BCUT2D eigenvalue weighted by Gasteiger charge is -2.50. The van der Waals surface area contributed by atoms with E-state index in [0.717, 1.165) is 39.2 Å². The molecule has 1 unspecified atom stereocenters. The summed E-state index contributed by atoms with van der Waals surface area (Å²) in [6.07, 6.45) is 5.60. The first-order chi connectivity index (χ1) is 9.75. The number of ether oxygens (including phenoxy) is 1.